The topological polar surface area (TPSA) is 29.5 Å². The van der Waals surface area contributed by atoms with Crippen molar-refractivity contribution in [2.24, 2.45) is 0 Å². The van der Waals surface area contributed by atoms with Gasteiger partial charge in [0.15, 0.2) is 0 Å². The van der Waals surface area contributed by atoms with Gasteiger partial charge in [-0.2, -0.15) is 0 Å². The standard InChI is InChI=1S/C8H18.C3H8O2/c1-3-5-7-8-6-4-2;1-5-3-2-4/h3-8H2,1-2H3;4H,2-3H2,1H3. The molecule has 1 N–H and O–H groups in total. The lowest BCUT2D eigenvalue weighted by Crippen LogP contribution is -1.91. The number of hydrogen-bond donors (Lipinski definition) is 1. The SMILES string of the molecule is CCCCCCCC.COCCO. The molecule has 0 unspecified atom stereocenters. The summed E-state index contributed by atoms with van der Waals surface area (Å²) in [6.45, 7) is 5.08. The highest BCUT2D eigenvalue weighted by Crippen LogP contribution is 2.03. The summed E-state index contributed by atoms with van der Waals surface area (Å²) >= 11 is 0. The van der Waals surface area contributed by atoms with Crippen molar-refractivity contribution in [2.75, 3.05) is 20.3 Å². The van der Waals surface area contributed by atoms with Gasteiger partial charge in [0.2, 0.25) is 0 Å². The van der Waals surface area contributed by atoms with E-state index in [1.165, 1.54) is 38.5 Å². The number of unbranched alkanes of at least 4 members (excludes halogenated alkanes) is 5. The Morgan fingerprint density at radius 1 is 0.923 bits per heavy atom. The van der Waals surface area contributed by atoms with Crippen molar-refractivity contribution in [2.45, 2.75) is 52.4 Å². The van der Waals surface area contributed by atoms with Crippen LogP contribution in [0.25, 0.3) is 0 Å². The second-order valence-corrected chi connectivity index (χ2v) is 3.13. The van der Waals surface area contributed by atoms with E-state index in [4.69, 9.17) is 5.11 Å². The Morgan fingerprint density at radius 3 is 1.54 bits per heavy atom. The average Bonchev–Trinajstić information content (AvgIpc) is 2.15. The zero-order valence-electron chi connectivity index (χ0n) is 9.51. The molecular formula is C11H26O2. The minimum Gasteiger partial charge on any atom is -0.394 e. The van der Waals surface area contributed by atoms with Crippen LogP contribution in [0.5, 0.6) is 0 Å². The van der Waals surface area contributed by atoms with Crippen LogP contribution in [0, 0.1) is 0 Å². The van der Waals surface area contributed by atoms with Crippen molar-refractivity contribution in [1.29, 1.82) is 0 Å². The second-order valence-electron chi connectivity index (χ2n) is 3.13. The lowest BCUT2D eigenvalue weighted by Gasteiger charge is -1.93. The van der Waals surface area contributed by atoms with Gasteiger partial charge in [0, 0.05) is 7.11 Å². The lowest BCUT2D eigenvalue weighted by atomic mass is 10.1. The van der Waals surface area contributed by atoms with Gasteiger partial charge >= 0.3 is 0 Å². The summed E-state index contributed by atoms with van der Waals surface area (Å²) in [6.07, 6.45) is 8.49. The van der Waals surface area contributed by atoms with Crippen LogP contribution >= 0.6 is 0 Å². The number of methoxy groups -OCH3 is 1. The Hall–Kier alpha value is -0.0800. The molecule has 0 rings (SSSR count). The van der Waals surface area contributed by atoms with E-state index < -0.39 is 0 Å². The zero-order chi connectivity index (χ0) is 10.4. The molecule has 0 aromatic heterocycles. The molecule has 0 heterocycles. The molecule has 0 aromatic carbocycles. The monoisotopic (exact) mass is 190 g/mol. The normalized spacial score (nSPS) is 9.23. The summed E-state index contributed by atoms with van der Waals surface area (Å²) in [5.41, 5.74) is 0. The van der Waals surface area contributed by atoms with Gasteiger partial charge in [0.25, 0.3) is 0 Å². The molecule has 82 valence electrons. The van der Waals surface area contributed by atoms with E-state index in [1.54, 1.807) is 7.11 Å². The van der Waals surface area contributed by atoms with Gasteiger partial charge in [-0.05, 0) is 0 Å². The first-order chi connectivity index (χ1) is 6.33. The summed E-state index contributed by atoms with van der Waals surface area (Å²) in [4.78, 5) is 0. The maximum absolute atomic E-state index is 7.94. The van der Waals surface area contributed by atoms with Crippen LogP contribution in [0.1, 0.15) is 52.4 Å². The smallest absolute Gasteiger partial charge is 0.0693 e. The minimum absolute atomic E-state index is 0.122. The minimum atomic E-state index is 0.122. The van der Waals surface area contributed by atoms with E-state index in [0.717, 1.165) is 0 Å². The summed E-state index contributed by atoms with van der Waals surface area (Å²) in [5, 5.41) is 7.94. The van der Waals surface area contributed by atoms with Crippen molar-refractivity contribution in [3.05, 3.63) is 0 Å². The van der Waals surface area contributed by atoms with Gasteiger partial charge in [0.05, 0.1) is 13.2 Å². The average molecular weight is 190 g/mol. The third-order valence-corrected chi connectivity index (χ3v) is 1.75. The molecule has 0 fully saturated rings. The fraction of sp³-hybridized carbons (Fsp3) is 1.00. The summed E-state index contributed by atoms with van der Waals surface area (Å²) in [5.74, 6) is 0. The number of rotatable bonds is 7. The van der Waals surface area contributed by atoms with E-state index in [-0.39, 0.29) is 6.61 Å². The van der Waals surface area contributed by atoms with Crippen molar-refractivity contribution >= 4 is 0 Å². The fourth-order valence-electron chi connectivity index (χ4n) is 0.945. The molecule has 0 aliphatic rings. The highest BCUT2D eigenvalue weighted by Gasteiger charge is 1.83. The quantitative estimate of drug-likeness (QED) is 0.625. The molecule has 0 bridgehead atoms. The molecule has 0 aliphatic heterocycles. The summed E-state index contributed by atoms with van der Waals surface area (Å²) in [6, 6.07) is 0. The maximum Gasteiger partial charge on any atom is 0.0693 e. The van der Waals surface area contributed by atoms with E-state index >= 15 is 0 Å². The fourth-order valence-corrected chi connectivity index (χ4v) is 0.945. The zero-order valence-corrected chi connectivity index (χ0v) is 9.51. The van der Waals surface area contributed by atoms with Crippen LogP contribution < -0.4 is 0 Å². The van der Waals surface area contributed by atoms with Crippen LogP contribution in [0.3, 0.4) is 0 Å². The lowest BCUT2D eigenvalue weighted by molar-refractivity contribution is 0.135. The Labute approximate surface area is 83.3 Å². The van der Waals surface area contributed by atoms with Crippen LogP contribution in [0.2, 0.25) is 0 Å². The molecule has 0 saturated heterocycles. The highest BCUT2D eigenvalue weighted by atomic mass is 16.5. The third-order valence-electron chi connectivity index (χ3n) is 1.75. The molecule has 0 atom stereocenters. The Bertz CT molecular complexity index is 57.1. The molecule has 13 heavy (non-hydrogen) atoms. The van der Waals surface area contributed by atoms with Crippen LogP contribution in [-0.2, 0) is 4.74 Å². The van der Waals surface area contributed by atoms with Gasteiger partial charge in [-0.3, -0.25) is 0 Å². The summed E-state index contributed by atoms with van der Waals surface area (Å²) < 4.78 is 4.44. The predicted molar refractivity (Wildman–Crippen MR) is 58.0 cm³/mol. The van der Waals surface area contributed by atoms with Gasteiger partial charge in [-0.1, -0.05) is 52.4 Å². The first-order valence-electron chi connectivity index (χ1n) is 5.43. The van der Waals surface area contributed by atoms with Crippen LogP contribution in [0.4, 0.5) is 0 Å². The Balaban J connectivity index is 0. The molecule has 2 heteroatoms. The van der Waals surface area contributed by atoms with Crippen LogP contribution in [0.15, 0.2) is 0 Å². The van der Waals surface area contributed by atoms with Gasteiger partial charge in [0.1, 0.15) is 0 Å². The largest absolute Gasteiger partial charge is 0.394 e. The van der Waals surface area contributed by atoms with Gasteiger partial charge in [-0.25, -0.2) is 0 Å². The molecule has 0 aliphatic carbocycles. The Morgan fingerprint density at radius 2 is 1.38 bits per heavy atom. The molecule has 0 spiro atoms. The molecule has 0 radical (unpaired) electrons. The van der Waals surface area contributed by atoms with Gasteiger partial charge in [-0.15, -0.1) is 0 Å². The number of ether oxygens (including phenoxy) is 1. The predicted octanol–water partition coefficient (Wildman–Crippen LogP) is 2.99. The van der Waals surface area contributed by atoms with E-state index in [0.29, 0.717) is 6.61 Å². The number of hydrogen-bond acceptors (Lipinski definition) is 2. The molecule has 0 amide bonds. The van der Waals surface area contributed by atoms with Crippen molar-refractivity contribution in [3.8, 4) is 0 Å². The summed E-state index contributed by atoms with van der Waals surface area (Å²) in [7, 11) is 1.55. The third kappa shape index (κ3) is 24.5. The first kappa shape index (κ1) is 15.4. The van der Waals surface area contributed by atoms with Crippen molar-refractivity contribution < 1.29 is 9.84 Å². The first-order valence-corrected chi connectivity index (χ1v) is 5.43. The number of aliphatic hydroxyl groups excluding tert-OH is 1. The molecule has 0 saturated carbocycles. The molecular weight excluding hydrogens is 164 g/mol. The van der Waals surface area contributed by atoms with Gasteiger partial charge < -0.3 is 9.84 Å². The molecule has 0 aromatic rings. The molecule has 2 nitrogen and oxygen atoms in total. The van der Waals surface area contributed by atoms with E-state index in [2.05, 4.69) is 18.6 Å². The van der Waals surface area contributed by atoms with E-state index in [1.807, 2.05) is 0 Å². The number of aliphatic hydroxyl groups is 1. The van der Waals surface area contributed by atoms with E-state index in [9.17, 15) is 0 Å². The Kier molecular flexibility index (Phi) is 21.2. The highest BCUT2D eigenvalue weighted by molar-refractivity contribution is 4.39. The van der Waals surface area contributed by atoms with Crippen molar-refractivity contribution in [3.63, 3.8) is 0 Å². The second kappa shape index (κ2) is 17.9. The maximum atomic E-state index is 7.94. The van der Waals surface area contributed by atoms with Crippen molar-refractivity contribution in [1.82, 2.24) is 0 Å². The van der Waals surface area contributed by atoms with Crippen LogP contribution in [-0.4, -0.2) is 25.4 Å².